The lowest BCUT2D eigenvalue weighted by Crippen LogP contribution is -2.20. The number of nitrogens with zero attached hydrogens (tertiary/aromatic N) is 1. The molecule has 1 aromatic carbocycles. The maximum Gasteiger partial charge on any atom is 0.345 e. The second-order valence-electron chi connectivity index (χ2n) is 5.21. The van der Waals surface area contributed by atoms with Crippen molar-refractivity contribution >= 4 is 23.6 Å². The van der Waals surface area contributed by atoms with Crippen LogP contribution in [0.5, 0.6) is 5.75 Å². The molecule has 0 saturated heterocycles. The molecule has 0 spiro atoms. The monoisotopic (exact) mass is 373 g/mol. The predicted octanol–water partition coefficient (Wildman–Crippen LogP) is 1.73. The van der Waals surface area contributed by atoms with Crippen LogP contribution in [0.2, 0.25) is 0 Å². The molecule has 1 aliphatic heterocycles. The van der Waals surface area contributed by atoms with E-state index in [0.29, 0.717) is 11.6 Å². The van der Waals surface area contributed by atoms with E-state index in [4.69, 9.17) is 14.2 Å². The number of carbonyl (C=O) groups is 3. The summed E-state index contributed by atoms with van der Waals surface area (Å²) in [6, 6.07) is 7.38. The zero-order valence-electron chi connectivity index (χ0n) is 15.0. The van der Waals surface area contributed by atoms with Crippen LogP contribution in [0, 0.1) is 0 Å². The van der Waals surface area contributed by atoms with Crippen molar-refractivity contribution in [1.29, 1.82) is 0 Å². The third-order valence-electron chi connectivity index (χ3n) is 3.52. The zero-order chi connectivity index (χ0) is 19.8. The first-order valence-corrected chi connectivity index (χ1v) is 7.95. The number of rotatable bonds is 7. The molecule has 0 fully saturated rings. The number of fused-ring (bicyclic) bond motifs is 1. The molecular weight excluding hydrogens is 354 g/mol. The maximum atomic E-state index is 12.1. The molecule has 8 heteroatoms. The zero-order valence-corrected chi connectivity index (χ0v) is 15.0. The number of hydrogen-bond donors (Lipinski definition) is 0. The molecule has 0 radical (unpaired) electrons. The summed E-state index contributed by atoms with van der Waals surface area (Å²) < 4.78 is 19.9. The van der Waals surface area contributed by atoms with Crippen LogP contribution in [0.25, 0.3) is 0 Å². The van der Waals surface area contributed by atoms with Crippen molar-refractivity contribution in [1.82, 2.24) is 0 Å². The quantitative estimate of drug-likeness (QED) is 0.178. The van der Waals surface area contributed by atoms with Gasteiger partial charge in [-0.25, -0.2) is 14.4 Å². The Hall–Kier alpha value is -3.55. The van der Waals surface area contributed by atoms with Gasteiger partial charge in [0.25, 0.3) is 0 Å². The van der Waals surface area contributed by atoms with Crippen LogP contribution in [0.1, 0.15) is 0 Å². The van der Waals surface area contributed by atoms with Crippen LogP contribution in [-0.2, 0) is 28.6 Å². The highest BCUT2D eigenvalue weighted by molar-refractivity contribution is 6.14. The molecule has 27 heavy (non-hydrogen) atoms. The Morgan fingerprint density at radius 3 is 2.52 bits per heavy atom. The SMILES string of the molecule is C=CC(=O)OCCOC(=O)/C(=C/C=C1\Oc2ccccc2N1C)C(=O)OC. The molecule has 8 nitrogen and oxygen atoms in total. The van der Waals surface area contributed by atoms with Gasteiger partial charge < -0.3 is 23.8 Å². The van der Waals surface area contributed by atoms with Crippen molar-refractivity contribution in [3.05, 3.63) is 60.5 Å². The van der Waals surface area contributed by atoms with Crippen molar-refractivity contribution in [3.63, 3.8) is 0 Å². The Kier molecular flexibility index (Phi) is 6.76. The van der Waals surface area contributed by atoms with Gasteiger partial charge in [-0.15, -0.1) is 0 Å². The minimum absolute atomic E-state index is 0.159. The Balaban J connectivity index is 2.07. The van der Waals surface area contributed by atoms with Crippen LogP contribution >= 0.6 is 0 Å². The first-order valence-electron chi connectivity index (χ1n) is 7.95. The first-order chi connectivity index (χ1) is 13.0. The second kappa shape index (κ2) is 9.23. The van der Waals surface area contributed by atoms with Gasteiger partial charge >= 0.3 is 17.9 Å². The van der Waals surface area contributed by atoms with E-state index in [0.717, 1.165) is 18.9 Å². The fourth-order valence-electron chi connectivity index (χ4n) is 2.16. The van der Waals surface area contributed by atoms with Crippen molar-refractivity contribution in [2.45, 2.75) is 0 Å². The number of methoxy groups -OCH3 is 1. The molecule has 0 aliphatic carbocycles. The summed E-state index contributed by atoms with van der Waals surface area (Å²) in [6.45, 7) is 2.87. The summed E-state index contributed by atoms with van der Waals surface area (Å²) in [7, 11) is 2.94. The van der Waals surface area contributed by atoms with Gasteiger partial charge in [0, 0.05) is 19.2 Å². The molecule has 1 aliphatic rings. The Morgan fingerprint density at radius 2 is 1.85 bits per heavy atom. The number of allylic oxidation sites excluding steroid dienone is 2. The molecule has 0 unspecified atom stereocenters. The van der Waals surface area contributed by atoms with Crippen molar-refractivity contribution in [2.75, 3.05) is 32.3 Å². The topological polar surface area (TPSA) is 91.4 Å². The number of benzene rings is 1. The summed E-state index contributed by atoms with van der Waals surface area (Å²) in [5.74, 6) is -1.33. The third kappa shape index (κ3) is 4.97. The molecule has 0 atom stereocenters. The number of ether oxygens (including phenoxy) is 4. The number of hydrogen-bond acceptors (Lipinski definition) is 8. The average molecular weight is 373 g/mol. The summed E-state index contributed by atoms with van der Waals surface area (Å²) in [5.41, 5.74) is 0.524. The maximum absolute atomic E-state index is 12.1. The molecule has 1 aromatic rings. The molecule has 142 valence electrons. The molecule has 1 heterocycles. The Bertz CT molecular complexity index is 810. The van der Waals surface area contributed by atoms with Crippen LogP contribution in [0.3, 0.4) is 0 Å². The van der Waals surface area contributed by atoms with E-state index in [1.54, 1.807) is 18.0 Å². The molecule has 0 bridgehead atoms. The molecular formula is C19H19NO7. The third-order valence-corrected chi connectivity index (χ3v) is 3.52. The van der Waals surface area contributed by atoms with Crippen molar-refractivity contribution in [2.24, 2.45) is 0 Å². The highest BCUT2D eigenvalue weighted by Crippen LogP contribution is 2.37. The van der Waals surface area contributed by atoms with E-state index in [2.05, 4.69) is 11.3 Å². The highest BCUT2D eigenvalue weighted by atomic mass is 16.6. The molecule has 2 rings (SSSR count). The lowest BCUT2D eigenvalue weighted by molar-refractivity contribution is -0.150. The average Bonchev–Trinajstić information content (AvgIpc) is 3.00. The summed E-state index contributed by atoms with van der Waals surface area (Å²) >= 11 is 0. The van der Waals surface area contributed by atoms with Gasteiger partial charge in [0.15, 0.2) is 11.6 Å². The van der Waals surface area contributed by atoms with Crippen LogP contribution in [-0.4, -0.2) is 45.3 Å². The van der Waals surface area contributed by atoms with Gasteiger partial charge in [-0.05, 0) is 18.2 Å². The van der Waals surface area contributed by atoms with Gasteiger partial charge in [-0.2, -0.15) is 0 Å². The minimum Gasteiger partial charge on any atom is -0.465 e. The lowest BCUT2D eigenvalue weighted by atomic mass is 10.2. The Labute approximate surface area is 156 Å². The number of anilines is 1. The number of para-hydroxylation sites is 2. The van der Waals surface area contributed by atoms with E-state index in [9.17, 15) is 14.4 Å². The van der Waals surface area contributed by atoms with E-state index >= 15 is 0 Å². The summed E-state index contributed by atoms with van der Waals surface area (Å²) in [4.78, 5) is 36.7. The number of esters is 3. The van der Waals surface area contributed by atoms with Gasteiger partial charge in [-0.3, -0.25) is 0 Å². The van der Waals surface area contributed by atoms with Crippen LogP contribution in [0.15, 0.2) is 60.5 Å². The largest absolute Gasteiger partial charge is 0.465 e. The fraction of sp³-hybridized carbons (Fsp3) is 0.211. The lowest BCUT2D eigenvalue weighted by Gasteiger charge is -2.10. The normalized spacial score (nSPS) is 14.2. The molecule has 0 amide bonds. The van der Waals surface area contributed by atoms with Gasteiger partial charge in [0.1, 0.15) is 18.8 Å². The predicted molar refractivity (Wildman–Crippen MR) is 95.8 cm³/mol. The van der Waals surface area contributed by atoms with Gasteiger partial charge in [-0.1, -0.05) is 18.7 Å². The minimum atomic E-state index is -0.911. The molecule has 0 aromatic heterocycles. The Morgan fingerprint density at radius 1 is 1.15 bits per heavy atom. The smallest absolute Gasteiger partial charge is 0.345 e. The summed E-state index contributed by atoms with van der Waals surface area (Å²) in [5, 5.41) is 0. The highest BCUT2D eigenvalue weighted by Gasteiger charge is 2.24. The second-order valence-corrected chi connectivity index (χ2v) is 5.21. The van der Waals surface area contributed by atoms with E-state index < -0.39 is 17.9 Å². The van der Waals surface area contributed by atoms with Crippen LogP contribution < -0.4 is 9.64 Å². The van der Waals surface area contributed by atoms with E-state index in [1.165, 1.54) is 12.2 Å². The number of carbonyl (C=O) groups excluding carboxylic acids is 3. The van der Waals surface area contributed by atoms with Crippen LogP contribution in [0.4, 0.5) is 5.69 Å². The van der Waals surface area contributed by atoms with E-state index in [1.807, 2.05) is 18.2 Å². The van der Waals surface area contributed by atoms with E-state index in [-0.39, 0.29) is 18.8 Å². The standard InChI is InChI=1S/C19H19NO7/c1-4-17(21)25-11-12-26-19(23)13(18(22)24-3)9-10-16-20(2)14-7-5-6-8-15(14)27-16/h4-10H,1,11-12H2,2-3H3/b13-9+,16-10-. The molecule has 0 N–H and O–H groups in total. The molecule has 0 saturated carbocycles. The fourth-order valence-corrected chi connectivity index (χ4v) is 2.16. The van der Waals surface area contributed by atoms with Gasteiger partial charge in [0.2, 0.25) is 0 Å². The van der Waals surface area contributed by atoms with Gasteiger partial charge in [0.05, 0.1) is 12.8 Å². The van der Waals surface area contributed by atoms with Crippen molar-refractivity contribution < 1.29 is 33.3 Å². The summed E-state index contributed by atoms with van der Waals surface area (Å²) in [6.07, 6.45) is 3.71. The van der Waals surface area contributed by atoms with Crippen molar-refractivity contribution in [3.8, 4) is 5.75 Å². The first kappa shape index (κ1) is 19.8.